The monoisotopic (exact) mass is 388 g/mol. The van der Waals surface area contributed by atoms with Crippen LogP contribution in [0.1, 0.15) is 58.6 Å². The Morgan fingerprint density at radius 3 is 2.00 bits per heavy atom. The third-order valence-corrected chi connectivity index (χ3v) is 5.62. The molecule has 0 bridgehead atoms. The molecule has 0 spiro atoms. The minimum absolute atomic E-state index is 0.0322. The summed E-state index contributed by atoms with van der Waals surface area (Å²) < 4.78 is 46.4. The third-order valence-electron chi connectivity index (χ3n) is 5.62. The predicted molar refractivity (Wildman–Crippen MR) is 107 cm³/mol. The highest BCUT2D eigenvalue weighted by Crippen LogP contribution is 2.37. The fraction of sp³-hybridized carbons (Fsp3) is 0.455. The van der Waals surface area contributed by atoms with Gasteiger partial charge in [0.25, 0.3) is 0 Å². The van der Waals surface area contributed by atoms with E-state index in [-0.39, 0.29) is 17.8 Å². The van der Waals surface area contributed by atoms with E-state index in [9.17, 15) is 8.78 Å². The van der Waals surface area contributed by atoms with E-state index in [2.05, 4.69) is 13.8 Å². The highest BCUT2D eigenvalue weighted by Gasteiger charge is 2.52. The van der Waals surface area contributed by atoms with Gasteiger partial charge < -0.3 is 14.0 Å². The van der Waals surface area contributed by atoms with Gasteiger partial charge in [0, 0.05) is 5.46 Å². The number of rotatable bonds is 5. The Bertz CT molecular complexity index is 832. The van der Waals surface area contributed by atoms with Gasteiger partial charge in [-0.05, 0) is 50.8 Å². The van der Waals surface area contributed by atoms with Crippen LogP contribution in [-0.2, 0) is 15.9 Å². The van der Waals surface area contributed by atoms with Crippen LogP contribution in [0.4, 0.5) is 8.78 Å². The second-order valence-corrected chi connectivity index (χ2v) is 8.55. The molecule has 0 N–H and O–H groups in total. The van der Waals surface area contributed by atoms with Crippen LogP contribution in [0.25, 0.3) is 0 Å². The van der Waals surface area contributed by atoms with Crippen LogP contribution in [0, 0.1) is 11.6 Å². The molecule has 1 heterocycles. The molecular formula is C22H27BF2O3. The Labute approximate surface area is 166 Å². The van der Waals surface area contributed by atoms with Gasteiger partial charge in [-0.15, -0.1) is 0 Å². The topological polar surface area (TPSA) is 27.7 Å². The lowest BCUT2D eigenvalue weighted by Gasteiger charge is -2.32. The van der Waals surface area contributed by atoms with Gasteiger partial charge in [-0.25, -0.2) is 4.39 Å². The van der Waals surface area contributed by atoms with Crippen molar-refractivity contribution < 1.29 is 22.8 Å². The van der Waals surface area contributed by atoms with Crippen LogP contribution < -0.4 is 10.2 Å². The van der Waals surface area contributed by atoms with Crippen molar-refractivity contribution in [2.24, 2.45) is 0 Å². The van der Waals surface area contributed by atoms with Gasteiger partial charge >= 0.3 is 7.12 Å². The molecule has 2 aromatic carbocycles. The minimum Gasteiger partial charge on any atom is -0.486 e. The summed E-state index contributed by atoms with van der Waals surface area (Å²) in [5, 5.41) is 0. The Morgan fingerprint density at radius 1 is 0.893 bits per heavy atom. The first-order chi connectivity index (χ1) is 13.0. The zero-order chi connectivity index (χ0) is 20.7. The van der Waals surface area contributed by atoms with Crippen LogP contribution in [0.5, 0.6) is 5.75 Å². The number of hydrogen-bond acceptors (Lipinski definition) is 3. The van der Waals surface area contributed by atoms with Crippen molar-refractivity contribution in [2.45, 2.75) is 65.3 Å². The van der Waals surface area contributed by atoms with Gasteiger partial charge in [-0.1, -0.05) is 44.2 Å². The normalized spacial score (nSPS) is 18.0. The second-order valence-electron chi connectivity index (χ2n) is 8.55. The van der Waals surface area contributed by atoms with Gasteiger partial charge in [0.1, 0.15) is 6.61 Å². The Hall–Kier alpha value is -1.92. The molecule has 1 aliphatic rings. The summed E-state index contributed by atoms with van der Waals surface area (Å²) in [5.74, 6) is -1.74. The molecule has 0 amide bonds. The molecule has 1 fully saturated rings. The van der Waals surface area contributed by atoms with Crippen LogP contribution in [-0.4, -0.2) is 18.3 Å². The standard InChI is InChI=1S/C22H27BF2O3/c1-14(2)16-9-7-15(8-10-16)13-26-18-12-11-17(19(24)20(18)25)23-27-21(3,4)22(5,6)28-23/h7-12,14H,13H2,1-6H3. The molecule has 150 valence electrons. The first-order valence-corrected chi connectivity index (χ1v) is 9.57. The molecule has 0 aliphatic carbocycles. The lowest BCUT2D eigenvalue weighted by molar-refractivity contribution is 0.00578. The Morgan fingerprint density at radius 2 is 1.46 bits per heavy atom. The Balaban J connectivity index is 1.74. The number of ether oxygens (including phenoxy) is 1. The van der Waals surface area contributed by atoms with Crippen LogP contribution in [0.15, 0.2) is 36.4 Å². The first-order valence-electron chi connectivity index (χ1n) is 9.57. The molecule has 3 nitrogen and oxygen atoms in total. The van der Waals surface area contributed by atoms with Crippen molar-refractivity contribution in [1.82, 2.24) is 0 Å². The number of halogens is 2. The van der Waals surface area contributed by atoms with E-state index in [0.29, 0.717) is 5.92 Å². The quantitative estimate of drug-likeness (QED) is 0.678. The maximum atomic E-state index is 14.7. The lowest BCUT2D eigenvalue weighted by atomic mass is 9.78. The van der Waals surface area contributed by atoms with Gasteiger partial charge in [0.15, 0.2) is 17.4 Å². The fourth-order valence-electron chi connectivity index (χ4n) is 2.97. The van der Waals surface area contributed by atoms with E-state index in [1.807, 2.05) is 52.0 Å². The van der Waals surface area contributed by atoms with Crippen molar-refractivity contribution in [1.29, 1.82) is 0 Å². The van der Waals surface area contributed by atoms with Crippen LogP contribution in [0.2, 0.25) is 0 Å². The summed E-state index contributed by atoms with van der Waals surface area (Å²) in [6, 6.07) is 10.8. The van der Waals surface area contributed by atoms with Crippen molar-refractivity contribution in [3.8, 4) is 5.75 Å². The SMILES string of the molecule is CC(C)c1ccc(COc2ccc(B3OC(C)(C)C(C)(C)O3)c(F)c2F)cc1. The van der Waals surface area contributed by atoms with Crippen molar-refractivity contribution in [3.63, 3.8) is 0 Å². The third kappa shape index (κ3) is 3.94. The average Bonchev–Trinajstić information content (AvgIpc) is 2.84. The maximum absolute atomic E-state index is 14.7. The molecule has 28 heavy (non-hydrogen) atoms. The van der Waals surface area contributed by atoms with Gasteiger partial charge in [-0.3, -0.25) is 0 Å². The molecule has 6 heteroatoms. The molecule has 1 aliphatic heterocycles. The molecule has 0 aromatic heterocycles. The van der Waals surface area contributed by atoms with E-state index >= 15 is 0 Å². The number of hydrogen-bond donors (Lipinski definition) is 0. The Kier molecular flexibility index (Phi) is 5.56. The number of benzene rings is 2. The fourth-order valence-corrected chi connectivity index (χ4v) is 2.97. The zero-order valence-electron chi connectivity index (χ0n) is 17.3. The molecule has 0 atom stereocenters. The van der Waals surface area contributed by atoms with Crippen LogP contribution in [0.3, 0.4) is 0 Å². The molecular weight excluding hydrogens is 361 g/mol. The zero-order valence-corrected chi connectivity index (χ0v) is 17.3. The average molecular weight is 388 g/mol. The van der Waals surface area contributed by atoms with Crippen LogP contribution >= 0.6 is 0 Å². The summed E-state index contributed by atoms with van der Waals surface area (Å²) in [6.07, 6.45) is 0. The van der Waals surface area contributed by atoms with E-state index in [0.717, 1.165) is 5.56 Å². The summed E-state index contributed by atoms with van der Waals surface area (Å²) in [5.41, 5.74) is 0.882. The highest BCUT2D eigenvalue weighted by molar-refractivity contribution is 6.62. The lowest BCUT2D eigenvalue weighted by Crippen LogP contribution is -2.41. The smallest absolute Gasteiger partial charge is 0.486 e. The van der Waals surface area contributed by atoms with E-state index in [1.165, 1.54) is 17.7 Å². The molecule has 0 radical (unpaired) electrons. The largest absolute Gasteiger partial charge is 0.497 e. The summed E-state index contributed by atoms with van der Waals surface area (Å²) in [7, 11) is -0.961. The molecule has 1 saturated heterocycles. The van der Waals surface area contributed by atoms with E-state index in [4.69, 9.17) is 14.0 Å². The summed E-state index contributed by atoms with van der Waals surface area (Å²) >= 11 is 0. The minimum atomic E-state index is -1.04. The van der Waals surface area contributed by atoms with Gasteiger partial charge in [-0.2, -0.15) is 4.39 Å². The van der Waals surface area contributed by atoms with Crippen molar-refractivity contribution >= 4 is 12.6 Å². The summed E-state index contributed by atoms with van der Waals surface area (Å²) in [4.78, 5) is 0. The van der Waals surface area contributed by atoms with E-state index in [1.54, 1.807) is 0 Å². The molecule has 0 unspecified atom stereocenters. The van der Waals surface area contributed by atoms with Crippen molar-refractivity contribution in [2.75, 3.05) is 0 Å². The van der Waals surface area contributed by atoms with Crippen molar-refractivity contribution in [3.05, 3.63) is 59.2 Å². The first kappa shape index (κ1) is 20.8. The molecule has 2 aromatic rings. The highest BCUT2D eigenvalue weighted by atomic mass is 19.2. The second kappa shape index (κ2) is 7.49. The molecule has 3 rings (SSSR count). The van der Waals surface area contributed by atoms with Gasteiger partial charge in [0.2, 0.25) is 0 Å². The van der Waals surface area contributed by atoms with E-state index < -0.39 is 30.0 Å². The van der Waals surface area contributed by atoms with Gasteiger partial charge in [0.05, 0.1) is 11.2 Å². The summed E-state index contributed by atoms with van der Waals surface area (Å²) in [6.45, 7) is 11.8. The maximum Gasteiger partial charge on any atom is 0.497 e. The molecule has 0 saturated carbocycles. The predicted octanol–water partition coefficient (Wildman–Crippen LogP) is 4.97.